The fourth-order valence-electron chi connectivity index (χ4n) is 1.14. The molecule has 0 atom stereocenters. The maximum absolute atomic E-state index is 4.33. The van der Waals surface area contributed by atoms with Gasteiger partial charge in [0.15, 0.2) is 0 Å². The summed E-state index contributed by atoms with van der Waals surface area (Å²) in [5, 5.41) is 4.11. The maximum atomic E-state index is 4.33. The molecule has 1 heterocycles. The average molecular weight is 157 g/mol. The molecule has 1 radical (unpaired) electrons. The molecule has 2 heteroatoms. The first-order valence-corrected chi connectivity index (χ1v) is 3.85. The van der Waals surface area contributed by atoms with Crippen LogP contribution in [0.5, 0.6) is 0 Å². The van der Waals surface area contributed by atoms with Crippen LogP contribution in [0.15, 0.2) is 30.3 Å². The van der Waals surface area contributed by atoms with Crippen LogP contribution in [0.2, 0.25) is 0 Å². The number of fused-ring (bicyclic) bond motifs is 1. The van der Waals surface area contributed by atoms with Crippen LogP contribution in [0, 0.1) is 6.07 Å². The van der Waals surface area contributed by atoms with E-state index in [9.17, 15) is 0 Å². The van der Waals surface area contributed by atoms with Gasteiger partial charge in [0.05, 0.1) is 5.52 Å². The number of benzene rings is 1. The Bertz CT molecular complexity index is 396. The molecule has 0 fully saturated rings. The lowest BCUT2D eigenvalue weighted by Gasteiger charge is -1.99. The third-order valence-corrected chi connectivity index (χ3v) is 1.77. The van der Waals surface area contributed by atoms with Crippen molar-refractivity contribution in [3.05, 3.63) is 36.4 Å². The Balaban J connectivity index is 2.67. The summed E-state index contributed by atoms with van der Waals surface area (Å²) in [6.45, 7) is 0. The van der Waals surface area contributed by atoms with Crippen molar-refractivity contribution in [3.8, 4) is 0 Å². The van der Waals surface area contributed by atoms with Crippen LogP contribution in [-0.4, -0.2) is 12.0 Å². The molecule has 1 N–H and O–H groups in total. The minimum absolute atomic E-state index is 0.880. The second-order valence-corrected chi connectivity index (χ2v) is 2.55. The van der Waals surface area contributed by atoms with Crippen LogP contribution in [-0.2, 0) is 0 Å². The minimum atomic E-state index is 0.880. The lowest BCUT2D eigenvalue weighted by atomic mass is 10.2. The Hall–Kier alpha value is -1.57. The Labute approximate surface area is 71.2 Å². The van der Waals surface area contributed by atoms with Crippen LogP contribution >= 0.6 is 0 Å². The first kappa shape index (κ1) is 7.10. The molecule has 12 heavy (non-hydrogen) atoms. The minimum Gasteiger partial charge on any atom is -0.373 e. The molecule has 0 spiro atoms. The van der Waals surface area contributed by atoms with Gasteiger partial charge in [-0.3, -0.25) is 0 Å². The van der Waals surface area contributed by atoms with Crippen LogP contribution in [0.3, 0.4) is 0 Å². The average Bonchev–Trinajstić information content (AvgIpc) is 2.17. The van der Waals surface area contributed by atoms with Gasteiger partial charge in [0.2, 0.25) is 0 Å². The Morgan fingerprint density at radius 1 is 1.33 bits per heavy atom. The molecule has 0 bridgehead atoms. The molecule has 2 nitrogen and oxygen atoms in total. The zero-order chi connectivity index (χ0) is 8.39. The highest BCUT2D eigenvalue weighted by molar-refractivity contribution is 5.79. The zero-order valence-electron chi connectivity index (χ0n) is 6.83. The number of pyridine rings is 1. The van der Waals surface area contributed by atoms with Gasteiger partial charge in [-0.15, -0.1) is 0 Å². The first-order valence-electron chi connectivity index (χ1n) is 3.85. The summed E-state index contributed by atoms with van der Waals surface area (Å²) in [6.07, 6.45) is 0. The summed E-state index contributed by atoms with van der Waals surface area (Å²) in [4.78, 5) is 4.33. The third kappa shape index (κ3) is 1.11. The number of anilines is 1. The second kappa shape index (κ2) is 2.81. The van der Waals surface area contributed by atoms with Crippen LogP contribution in [0.25, 0.3) is 10.9 Å². The van der Waals surface area contributed by atoms with Gasteiger partial charge in [0.25, 0.3) is 0 Å². The number of nitrogens with zero attached hydrogens (tertiary/aromatic N) is 1. The van der Waals surface area contributed by atoms with Crippen molar-refractivity contribution in [3.63, 3.8) is 0 Å². The van der Waals surface area contributed by atoms with Gasteiger partial charge in [-0.05, 0) is 12.1 Å². The van der Waals surface area contributed by atoms with Gasteiger partial charge < -0.3 is 5.32 Å². The summed E-state index contributed by atoms with van der Waals surface area (Å²) in [7, 11) is 1.86. The Morgan fingerprint density at radius 3 is 3.08 bits per heavy atom. The highest BCUT2D eigenvalue weighted by Gasteiger charge is 1.93. The van der Waals surface area contributed by atoms with E-state index in [2.05, 4.69) is 16.4 Å². The van der Waals surface area contributed by atoms with E-state index >= 15 is 0 Å². The van der Waals surface area contributed by atoms with E-state index < -0.39 is 0 Å². The van der Waals surface area contributed by atoms with Gasteiger partial charge in [-0.25, -0.2) is 4.98 Å². The molecule has 0 unspecified atom stereocenters. The molecule has 2 aromatic rings. The summed E-state index contributed by atoms with van der Waals surface area (Å²) in [6, 6.07) is 12.9. The van der Waals surface area contributed by atoms with Crippen LogP contribution in [0.1, 0.15) is 0 Å². The van der Waals surface area contributed by atoms with Gasteiger partial charge in [-0.2, -0.15) is 0 Å². The summed E-state index contributed by atoms with van der Waals surface area (Å²) >= 11 is 0. The normalized spacial score (nSPS) is 10.1. The van der Waals surface area contributed by atoms with E-state index in [4.69, 9.17) is 0 Å². The predicted octanol–water partition coefficient (Wildman–Crippen LogP) is 2.08. The standard InChI is InChI=1S/C10H9N2/c1-11-10-7-6-8-4-2-3-5-9(8)12-10/h2-4,6-7H,1H3,(H,11,12). The highest BCUT2D eigenvalue weighted by Crippen LogP contribution is 2.12. The SMILES string of the molecule is CNc1ccc2ccc[c]c2n1. The van der Waals surface area contributed by atoms with Gasteiger partial charge >= 0.3 is 0 Å². The molecule has 0 saturated heterocycles. The van der Waals surface area contributed by atoms with Crippen molar-refractivity contribution in [2.45, 2.75) is 0 Å². The summed E-state index contributed by atoms with van der Waals surface area (Å²) in [5.74, 6) is 0.880. The Morgan fingerprint density at radius 2 is 2.25 bits per heavy atom. The van der Waals surface area contributed by atoms with Crippen molar-refractivity contribution in [1.82, 2.24) is 4.98 Å². The summed E-state index contributed by atoms with van der Waals surface area (Å²) < 4.78 is 0. The maximum Gasteiger partial charge on any atom is 0.126 e. The van der Waals surface area contributed by atoms with Crippen molar-refractivity contribution in [2.75, 3.05) is 12.4 Å². The molecule has 2 rings (SSSR count). The molecule has 0 amide bonds. The lowest BCUT2D eigenvalue weighted by molar-refractivity contribution is 1.34. The van der Waals surface area contributed by atoms with Crippen molar-refractivity contribution in [2.24, 2.45) is 0 Å². The van der Waals surface area contributed by atoms with Crippen molar-refractivity contribution < 1.29 is 0 Å². The molecule has 0 aliphatic heterocycles. The fourth-order valence-corrected chi connectivity index (χ4v) is 1.14. The smallest absolute Gasteiger partial charge is 0.126 e. The summed E-state index contributed by atoms with van der Waals surface area (Å²) in [5.41, 5.74) is 0.907. The number of hydrogen-bond donors (Lipinski definition) is 1. The van der Waals surface area contributed by atoms with E-state index in [0.29, 0.717) is 0 Å². The van der Waals surface area contributed by atoms with Crippen molar-refractivity contribution in [1.29, 1.82) is 0 Å². The molecule has 0 saturated carbocycles. The lowest BCUT2D eigenvalue weighted by Crippen LogP contribution is -1.91. The molecular formula is C10H9N2. The first-order chi connectivity index (χ1) is 5.90. The fraction of sp³-hybridized carbons (Fsp3) is 0.100. The topological polar surface area (TPSA) is 24.9 Å². The van der Waals surface area contributed by atoms with E-state index in [1.54, 1.807) is 0 Å². The highest BCUT2D eigenvalue weighted by atomic mass is 15.0. The van der Waals surface area contributed by atoms with Gasteiger partial charge in [0.1, 0.15) is 5.82 Å². The largest absolute Gasteiger partial charge is 0.373 e. The molecule has 0 aliphatic rings. The monoisotopic (exact) mass is 157 g/mol. The third-order valence-electron chi connectivity index (χ3n) is 1.77. The number of para-hydroxylation sites is 1. The number of rotatable bonds is 1. The number of hydrogen-bond acceptors (Lipinski definition) is 2. The molecule has 1 aromatic carbocycles. The van der Waals surface area contributed by atoms with Crippen LogP contribution < -0.4 is 5.32 Å². The van der Waals surface area contributed by atoms with E-state index in [1.165, 1.54) is 0 Å². The van der Waals surface area contributed by atoms with Crippen LogP contribution in [0.4, 0.5) is 5.82 Å². The second-order valence-electron chi connectivity index (χ2n) is 2.55. The molecule has 1 aromatic heterocycles. The van der Waals surface area contributed by atoms with Gasteiger partial charge in [0, 0.05) is 18.5 Å². The number of nitrogens with one attached hydrogen (secondary N) is 1. The van der Waals surface area contributed by atoms with E-state index in [0.717, 1.165) is 16.7 Å². The zero-order valence-corrected chi connectivity index (χ0v) is 6.83. The Kier molecular flexibility index (Phi) is 1.67. The predicted molar refractivity (Wildman–Crippen MR) is 50.1 cm³/mol. The van der Waals surface area contributed by atoms with Gasteiger partial charge in [-0.1, -0.05) is 18.2 Å². The quantitative estimate of drug-likeness (QED) is 0.685. The molecular weight excluding hydrogens is 148 g/mol. The molecule has 59 valence electrons. The molecule has 0 aliphatic carbocycles. The van der Waals surface area contributed by atoms with Crippen molar-refractivity contribution >= 4 is 16.7 Å². The van der Waals surface area contributed by atoms with E-state index in [-0.39, 0.29) is 0 Å². The van der Waals surface area contributed by atoms with E-state index in [1.807, 2.05) is 37.4 Å². The number of aromatic nitrogens is 1.